The van der Waals surface area contributed by atoms with Gasteiger partial charge in [0, 0.05) is 48.6 Å². The van der Waals surface area contributed by atoms with E-state index in [1.807, 2.05) is 39.0 Å². The zero-order chi connectivity index (χ0) is 35.8. The molecule has 0 radical (unpaired) electrons. The maximum absolute atomic E-state index is 14.4. The Morgan fingerprint density at radius 1 is 1.04 bits per heavy atom. The summed E-state index contributed by atoms with van der Waals surface area (Å²) in [5.74, 6) is 0.256. The Balaban J connectivity index is 1.59. The highest BCUT2D eigenvalue weighted by molar-refractivity contribution is 7.53. The standard InChI is InChI=1S/C34H46ClN2O11P/c1-34(2,3)19-37-27-11-10-24(35)16-26(27)31(25-8-7-9-28(43-5)32(25)44-6)48-29(33(37)40)17-30(39)36-14-12-23(13-15-36)18-49(41,46-21-42-4)47-22-45-20-38/h7-11,16,20,23,29,31H,12-15,17-19,21-22H2,1-6H3/t29-,31-,49?/m1/s1. The minimum atomic E-state index is -3.64. The number of hydrogen-bond donors (Lipinski definition) is 0. The van der Waals surface area contributed by atoms with Gasteiger partial charge < -0.3 is 33.5 Å². The second-order valence-electron chi connectivity index (χ2n) is 13.1. The zero-order valence-electron chi connectivity index (χ0n) is 28.8. The van der Waals surface area contributed by atoms with Crippen molar-refractivity contribution in [3.8, 4) is 11.5 Å². The number of nitrogens with zero attached hydrogens (tertiary/aromatic N) is 2. The Labute approximate surface area is 292 Å². The average molecular weight is 725 g/mol. The third-order valence-electron chi connectivity index (χ3n) is 8.31. The van der Waals surface area contributed by atoms with E-state index in [9.17, 15) is 18.9 Å². The first-order chi connectivity index (χ1) is 23.3. The largest absolute Gasteiger partial charge is 0.493 e. The van der Waals surface area contributed by atoms with Gasteiger partial charge in [0.05, 0.1) is 26.8 Å². The van der Waals surface area contributed by atoms with Gasteiger partial charge in [-0.2, -0.15) is 0 Å². The van der Waals surface area contributed by atoms with Crippen LogP contribution in [0.3, 0.4) is 0 Å². The fraction of sp³-hybridized carbons (Fsp3) is 0.559. The molecule has 2 aliphatic rings. The number of fused-ring (bicyclic) bond motifs is 1. The fourth-order valence-corrected chi connectivity index (χ4v) is 8.04. The smallest absolute Gasteiger partial charge is 0.335 e. The molecule has 15 heteroatoms. The number of methoxy groups -OCH3 is 3. The number of piperidine rings is 1. The van der Waals surface area contributed by atoms with Gasteiger partial charge in [0.2, 0.25) is 12.7 Å². The van der Waals surface area contributed by atoms with E-state index in [0.29, 0.717) is 65.8 Å². The summed E-state index contributed by atoms with van der Waals surface area (Å²) in [4.78, 5) is 42.1. The normalized spacial score (nSPS) is 19.9. The quantitative estimate of drug-likeness (QED) is 0.0951. The first-order valence-corrected chi connectivity index (χ1v) is 18.1. The van der Waals surface area contributed by atoms with E-state index in [1.165, 1.54) is 14.2 Å². The molecule has 0 aliphatic carbocycles. The predicted molar refractivity (Wildman–Crippen MR) is 182 cm³/mol. The van der Waals surface area contributed by atoms with Crippen molar-refractivity contribution in [2.24, 2.45) is 11.3 Å². The molecular formula is C34H46ClN2O11P. The number of likely N-dealkylation sites (tertiary alicyclic amines) is 1. The number of rotatable bonds is 15. The Bertz CT molecular complexity index is 1510. The topological polar surface area (TPSA) is 139 Å². The van der Waals surface area contributed by atoms with Crippen molar-refractivity contribution in [2.45, 2.75) is 52.2 Å². The molecule has 49 heavy (non-hydrogen) atoms. The van der Waals surface area contributed by atoms with Crippen LogP contribution in [-0.2, 0) is 42.2 Å². The lowest BCUT2D eigenvalue weighted by Gasteiger charge is -2.34. The molecule has 0 N–H and O–H groups in total. The number of carbonyl (C=O) groups excluding carboxylic acids is 3. The lowest BCUT2D eigenvalue weighted by molar-refractivity contribution is -0.143. The summed E-state index contributed by atoms with van der Waals surface area (Å²) < 4.78 is 51.3. The molecule has 1 saturated heterocycles. The molecule has 0 spiro atoms. The van der Waals surface area contributed by atoms with Crippen LogP contribution in [-0.4, -0.2) is 90.0 Å². The SMILES string of the molecule is COCOP(=O)(CC1CCN(C(=O)C[C@H]2O[C@H](c3cccc(OC)c3OC)c3cc(Cl)ccc3N(CC(C)(C)C)C2=O)CC1)OCOC=O. The maximum atomic E-state index is 14.4. The Kier molecular flexibility index (Phi) is 13.5. The van der Waals surface area contributed by atoms with Crippen LogP contribution in [0, 0.1) is 11.3 Å². The molecule has 0 bridgehead atoms. The van der Waals surface area contributed by atoms with Crippen LogP contribution in [0.5, 0.6) is 11.5 Å². The first-order valence-electron chi connectivity index (χ1n) is 16.0. The van der Waals surface area contributed by atoms with Crippen LogP contribution in [0.25, 0.3) is 0 Å². The van der Waals surface area contributed by atoms with Crippen LogP contribution in [0.15, 0.2) is 36.4 Å². The van der Waals surface area contributed by atoms with E-state index in [4.69, 9.17) is 39.6 Å². The minimum absolute atomic E-state index is 0.0669. The summed E-state index contributed by atoms with van der Waals surface area (Å²) in [5.41, 5.74) is 1.63. The second kappa shape index (κ2) is 17.2. The number of ether oxygens (including phenoxy) is 5. The summed E-state index contributed by atoms with van der Waals surface area (Å²) in [6.45, 7) is 6.64. The Hall–Kier alpha value is -3.19. The van der Waals surface area contributed by atoms with Crippen molar-refractivity contribution < 1.29 is 51.7 Å². The van der Waals surface area contributed by atoms with Gasteiger partial charge in [0.1, 0.15) is 12.2 Å². The third-order valence-corrected chi connectivity index (χ3v) is 10.5. The molecule has 2 aromatic carbocycles. The second-order valence-corrected chi connectivity index (χ2v) is 15.7. The lowest BCUT2D eigenvalue weighted by atomic mass is 9.94. The molecule has 2 amide bonds. The monoisotopic (exact) mass is 724 g/mol. The highest BCUT2D eigenvalue weighted by Crippen LogP contribution is 2.51. The van der Waals surface area contributed by atoms with Crippen molar-refractivity contribution >= 4 is 43.2 Å². The summed E-state index contributed by atoms with van der Waals surface area (Å²) in [6, 6.07) is 10.7. The van der Waals surface area contributed by atoms with E-state index in [1.54, 1.807) is 35.1 Å². The summed E-state index contributed by atoms with van der Waals surface area (Å²) in [5, 5.41) is 0.466. The van der Waals surface area contributed by atoms with Crippen LogP contribution in [0.4, 0.5) is 5.69 Å². The van der Waals surface area contributed by atoms with Gasteiger partial charge in [0.15, 0.2) is 18.3 Å². The summed E-state index contributed by atoms with van der Waals surface area (Å²) >= 11 is 6.53. The van der Waals surface area contributed by atoms with E-state index in [2.05, 4.69) is 4.74 Å². The van der Waals surface area contributed by atoms with Crippen LogP contribution in [0.1, 0.15) is 57.3 Å². The highest BCUT2D eigenvalue weighted by atomic mass is 35.5. The van der Waals surface area contributed by atoms with Gasteiger partial charge in [-0.1, -0.05) is 44.5 Å². The average Bonchev–Trinajstić information content (AvgIpc) is 3.17. The van der Waals surface area contributed by atoms with Gasteiger partial charge >= 0.3 is 7.60 Å². The van der Waals surface area contributed by atoms with Crippen molar-refractivity contribution in [1.82, 2.24) is 4.90 Å². The molecule has 270 valence electrons. The predicted octanol–water partition coefficient (Wildman–Crippen LogP) is 5.81. The number of anilines is 1. The van der Waals surface area contributed by atoms with Gasteiger partial charge in [0.25, 0.3) is 12.4 Å². The van der Waals surface area contributed by atoms with E-state index < -0.39 is 26.6 Å². The molecule has 1 unspecified atom stereocenters. The molecule has 2 heterocycles. The van der Waals surface area contributed by atoms with Gasteiger partial charge in [-0.15, -0.1) is 0 Å². The van der Waals surface area contributed by atoms with Gasteiger partial charge in [-0.25, -0.2) is 0 Å². The van der Waals surface area contributed by atoms with E-state index in [0.717, 1.165) is 0 Å². The molecule has 0 aromatic heterocycles. The first kappa shape index (κ1) is 38.6. The Morgan fingerprint density at radius 3 is 2.39 bits per heavy atom. The molecule has 0 saturated carbocycles. The van der Waals surface area contributed by atoms with Crippen molar-refractivity contribution in [3.63, 3.8) is 0 Å². The molecule has 4 rings (SSSR count). The summed E-state index contributed by atoms with van der Waals surface area (Å²) in [6.07, 6.45) is -1.04. The van der Waals surface area contributed by atoms with Crippen LogP contribution in [0.2, 0.25) is 5.02 Å². The summed E-state index contributed by atoms with van der Waals surface area (Å²) in [7, 11) is 0.833. The molecule has 2 aliphatic heterocycles. The number of para-hydroxylation sites is 1. The molecule has 13 nitrogen and oxygen atoms in total. The van der Waals surface area contributed by atoms with Crippen molar-refractivity contribution in [3.05, 3.63) is 52.5 Å². The van der Waals surface area contributed by atoms with Crippen LogP contribution >= 0.6 is 19.2 Å². The fourth-order valence-electron chi connectivity index (χ4n) is 6.08. The van der Waals surface area contributed by atoms with Crippen molar-refractivity contribution in [2.75, 3.05) is 65.6 Å². The highest BCUT2D eigenvalue weighted by Gasteiger charge is 2.41. The third kappa shape index (κ3) is 9.96. The number of carbonyl (C=O) groups is 3. The minimum Gasteiger partial charge on any atom is -0.493 e. The zero-order valence-corrected chi connectivity index (χ0v) is 30.5. The number of benzene rings is 2. The molecular weight excluding hydrogens is 679 g/mol. The number of amides is 2. The van der Waals surface area contributed by atoms with Gasteiger partial charge in [-0.05, 0) is 48.4 Å². The van der Waals surface area contributed by atoms with Crippen molar-refractivity contribution in [1.29, 1.82) is 0 Å². The number of halogens is 1. The van der Waals surface area contributed by atoms with Gasteiger partial charge in [-0.3, -0.25) is 28.0 Å². The number of hydrogen-bond acceptors (Lipinski definition) is 11. The van der Waals surface area contributed by atoms with E-state index in [-0.39, 0.29) is 49.0 Å². The van der Waals surface area contributed by atoms with E-state index >= 15 is 0 Å². The maximum Gasteiger partial charge on any atom is 0.335 e. The Morgan fingerprint density at radius 2 is 1.76 bits per heavy atom. The molecule has 2 aromatic rings. The molecule has 3 atom stereocenters. The van der Waals surface area contributed by atoms with Crippen LogP contribution < -0.4 is 14.4 Å². The molecule has 1 fully saturated rings. The lowest BCUT2D eigenvalue weighted by Crippen LogP contribution is -2.47.